The first kappa shape index (κ1) is 21.7. The van der Waals surface area contributed by atoms with Crippen molar-refractivity contribution in [2.24, 2.45) is 23.3 Å². The van der Waals surface area contributed by atoms with Gasteiger partial charge in [-0.1, -0.05) is 67.1 Å². The number of aryl methyl sites for hydroxylation is 2. The fraction of sp³-hybridized carbons (Fsp3) is 0.520. The van der Waals surface area contributed by atoms with Crippen molar-refractivity contribution in [1.82, 2.24) is 0 Å². The van der Waals surface area contributed by atoms with Gasteiger partial charge in [0.15, 0.2) is 0 Å². The molecule has 0 bridgehead atoms. The van der Waals surface area contributed by atoms with Crippen molar-refractivity contribution in [2.75, 3.05) is 13.1 Å². The Hall–Kier alpha value is -1.64. The molecule has 4 N–H and O–H groups in total. The van der Waals surface area contributed by atoms with E-state index >= 15 is 0 Å². The molecule has 0 saturated heterocycles. The van der Waals surface area contributed by atoms with Gasteiger partial charge in [-0.15, -0.1) is 0 Å². The maximum atomic E-state index is 6.02. The summed E-state index contributed by atoms with van der Waals surface area (Å²) in [7, 11) is 0. The van der Waals surface area contributed by atoms with Crippen LogP contribution in [0.15, 0.2) is 60.7 Å². The average molecular weight is 367 g/mol. The molecule has 2 unspecified atom stereocenters. The topological polar surface area (TPSA) is 52.0 Å². The predicted molar refractivity (Wildman–Crippen MR) is 118 cm³/mol. The first-order valence-corrected chi connectivity index (χ1v) is 10.8. The molecule has 2 heteroatoms. The van der Waals surface area contributed by atoms with Crippen LogP contribution in [-0.2, 0) is 12.8 Å². The van der Waals surface area contributed by atoms with E-state index < -0.39 is 0 Å². The van der Waals surface area contributed by atoms with E-state index in [9.17, 15) is 0 Å². The second kappa shape index (κ2) is 13.5. The molecule has 0 amide bonds. The molecule has 2 aromatic carbocycles. The Kier molecular flexibility index (Phi) is 10.8. The SMILES string of the molecule is NCC(CCCc1ccccc1)CCCC(CN)CCCc1ccccc1. The van der Waals surface area contributed by atoms with Crippen LogP contribution in [-0.4, -0.2) is 13.1 Å². The summed E-state index contributed by atoms with van der Waals surface area (Å²) in [5, 5.41) is 0. The molecule has 0 aliphatic rings. The highest BCUT2D eigenvalue weighted by atomic mass is 14.6. The third kappa shape index (κ3) is 9.21. The van der Waals surface area contributed by atoms with Gasteiger partial charge in [0.2, 0.25) is 0 Å². The molecule has 2 atom stereocenters. The molecule has 148 valence electrons. The Morgan fingerprint density at radius 2 is 0.889 bits per heavy atom. The molecule has 27 heavy (non-hydrogen) atoms. The highest BCUT2D eigenvalue weighted by molar-refractivity contribution is 5.15. The fourth-order valence-electron chi connectivity index (χ4n) is 3.93. The van der Waals surface area contributed by atoms with Crippen molar-refractivity contribution >= 4 is 0 Å². The molecule has 0 aliphatic carbocycles. The molecular formula is C25H38N2. The fourth-order valence-corrected chi connectivity index (χ4v) is 3.93. The van der Waals surface area contributed by atoms with Crippen LogP contribution in [0, 0.1) is 11.8 Å². The molecule has 0 aliphatic heterocycles. The van der Waals surface area contributed by atoms with Gasteiger partial charge in [-0.2, -0.15) is 0 Å². The van der Waals surface area contributed by atoms with Crippen molar-refractivity contribution < 1.29 is 0 Å². The molecule has 2 rings (SSSR count). The lowest BCUT2D eigenvalue weighted by Crippen LogP contribution is -2.17. The summed E-state index contributed by atoms with van der Waals surface area (Å²) in [5.41, 5.74) is 14.9. The Morgan fingerprint density at radius 3 is 1.26 bits per heavy atom. The first-order chi connectivity index (χ1) is 13.3. The van der Waals surface area contributed by atoms with Crippen LogP contribution in [0.5, 0.6) is 0 Å². The number of hydrogen-bond donors (Lipinski definition) is 2. The number of nitrogens with two attached hydrogens (primary N) is 2. The normalized spacial score (nSPS) is 13.4. The van der Waals surface area contributed by atoms with Crippen molar-refractivity contribution in [2.45, 2.75) is 57.8 Å². The summed E-state index contributed by atoms with van der Waals surface area (Å²) in [4.78, 5) is 0. The minimum Gasteiger partial charge on any atom is -0.330 e. The first-order valence-electron chi connectivity index (χ1n) is 10.8. The van der Waals surface area contributed by atoms with E-state index in [-0.39, 0.29) is 0 Å². The van der Waals surface area contributed by atoms with Crippen LogP contribution in [0.2, 0.25) is 0 Å². The predicted octanol–water partition coefficient (Wildman–Crippen LogP) is 5.35. The standard InChI is InChI=1S/C25H38N2/c26-20-24(16-7-14-22-10-3-1-4-11-22)18-9-19-25(21-27)17-8-15-23-12-5-2-6-13-23/h1-6,10-13,24-25H,7-9,14-21,26-27H2. The van der Waals surface area contributed by atoms with Gasteiger partial charge >= 0.3 is 0 Å². The van der Waals surface area contributed by atoms with Crippen LogP contribution in [0.25, 0.3) is 0 Å². The van der Waals surface area contributed by atoms with Crippen molar-refractivity contribution in [3.05, 3.63) is 71.8 Å². The zero-order chi connectivity index (χ0) is 19.2. The van der Waals surface area contributed by atoms with Crippen molar-refractivity contribution in [3.63, 3.8) is 0 Å². The van der Waals surface area contributed by atoms with E-state index in [2.05, 4.69) is 60.7 Å². The zero-order valence-corrected chi connectivity index (χ0v) is 16.9. The Morgan fingerprint density at radius 1 is 0.519 bits per heavy atom. The lowest BCUT2D eigenvalue weighted by Gasteiger charge is -2.18. The van der Waals surface area contributed by atoms with Crippen LogP contribution < -0.4 is 11.5 Å². The summed E-state index contributed by atoms with van der Waals surface area (Å²) >= 11 is 0. The lowest BCUT2D eigenvalue weighted by atomic mass is 9.90. The summed E-state index contributed by atoms with van der Waals surface area (Å²) in [6.45, 7) is 1.63. The zero-order valence-electron chi connectivity index (χ0n) is 16.9. The van der Waals surface area contributed by atoms with Gasteiger partial charge in [0.05, 0.1) is 0 Å². The van der Waals surface area contributed by atoms with Gasteiger partial charge in [-0.05, 0) is 87.4 Å². The number of hydrogen-bond acceptors (Lipinski definition) is 2. The van der Waals surface area contributed by atoms with Crippen LogP contribution in [0.3, 0.4) is 0 Å². The van der Waals surface area contributed by atoms with Crippen LogP contribution in [0.4, 0.5) is 0 Å². The second-order valence-electron chi connectivity index (χ2n) is 7.89. The van der Waals surface area contributed by atoms with Gasteiger partial charge in [0.25, 0.3) is 0 Å². The third-order valence-corrected chi connectivity index (χ3v) is 5.73. The molecule has 0 radical (unpaired) electrons. The second-order valence-corrected chi connectivity index (χ2v) is 7.89. The highest BCUT2D eigenvalue weighted by Gasteiger charge is 2.10. The summed E-state index contributed by atoms with van der Waals surface area (Å²) < 4.78 is 0. The van der Waals surface area contributed by atoms with Gasteiger partial charge in [0.1, 0.15) is 0 Å². The lowest BCUT2D eigenvalue weighted by molar-refractivity contribution is 0.377. The maximum absolute atomic E-state index is 6.02. The van der Waals surface area contributed by atoms with Crippen molar-refractivity contribution in [3.8, 4) is 0 Å². The molecule has 0 aromatic heterocycles. The quantitative estimate of drug-likeness (QED) is 0.473. The Labute approximate surface area is 166 Å². The van der Waals surface area contributed by atoms with E-state index in [1.54, 1.807) is 0 Å². The molecular weight excluding hydrogens is 328 g/mol. The van der Waals surface area contributed by atoms with Gasteiger partial charge in [-0.25, -0.2) is 0 Å². The smallest absolute Gasteiger partial charge is 0.00489 e. The van der Waals surface area contributed by atoms with E-state index in [1.807, 2.05) is 0 Å². The number of rotatable bonds is 14. The monoisotopic (exact) mass is 366 g/mol. The van der Waals surface area contributed by atoms with E-state index in [0.717, 1.165) is 13.1 Å². The molecule has 2 nitrogen and oxygen atoms in total. The summed E-state index contributed by atoms with van der Waals surface area (Å²) in [6.07, 6.45) is 11.1. The molecule has 2 aromatic rings. The van der Waals surface area contributed by atoms with Gasteiger partial charge < -0.3 is 11.5 Å². The minimum absolute atomic E-state index is 0.663. The maximum Gasteiger partial charge on any atom is -0.00489 e. The van der Waals surface area contributed by atoms with E-state index in [0.29, 0.717) is 11.8 Å². The van der Waals surface area contributed by atoms with Gasteiger partial charge in [-0.3, -0.25) is 0 Å². The van der Waals surface area contributed by atoms with Crippen molar-refractivity contribution in [1.29, 1.82) is 0 Å². The Balaban J connectivity index is 1.58. The third-order valence-electron chi connectivity index (χ3n) is 5.73. The molecule has 0 heterocycles. The van der Waals surface area contributed by atoms with E-state index in [1.165, 1.54) is 68.9 Å². The van der Waals surface area contributed by atoms with Crippen LogP contribution >= 0.6 is 0 Å². The highest BCUT2D eigenvalue weighted by Crippen LogP contribution is 2.20. The van der Waals surface area contributed by atoms with Gasteiger partial charge in [0, 0.05) is 0 Å². The summed E-state index contributed by atoms with van der Waals surface area (Å²) in [6, 6.07) is 21.6. The van der Waals surface area contributed by atoms with Crippen LogP contribution in [0.1, 0.15) is 56.1 Å². The Bertz CT molecular complexity index is 528. The molecule has 0 saturated carbocycles. The molecule has 0 fully saturated rings. The molecule has 0 spiro atoms. The van der Waals surface area contributed by atoms with E-state index in [4.69, 9.17) is 11.5 Å². The average Bonchev–Trinajstić information content (AvgIpc) is 2.73. The number of benzene rings is 2. The largest absolute Gasteiger partial charge is 0.330 e. The minimum atomic E-state index is 0.663. The summed E-state index contributed by atoms with van der Waals surface area (Å²) in [5.74, 6) is 1.33.